The molecule has 0 amide bonds. The van der Waals surface area contributed by atoms with Crippen molar-refractivity contribution < 1.29 is 4.39 Å². The fraction of sp³-hybridized carbons (Fsp3) is 0.538. The molecule has 1 aromatic carbocycles. The summed E-state index contributed by atoms with van der Waals surface area (Å²) < 4.78 is 13.9. The van der Waals surface area contributed by atoms with Crippen LogP contribution in [-0.2, 0) is 6.54 Å². The number of benzene rings is 1. The topological polar surface area (TPSA) is 29.3 Å². The maximum Gasteiger partial charge on any atom is 0.137 e. The summed E-state index contributed by atoms with van der Waals surface area (Å²) in [6.45, 7) is 3.77. The Labute approximate surface area is 110 Å². The predicted octanol–water partition coefficient (Wildman–Crippen LogP) is 2.76. The van der Waals surface area contributed by atoms with Crippen LogP contribution >= 0.6 is 15.9 Å². The lowest BCUT2D eigenvalue weighted by Crippen LogP contribution is -2.35. The van der Waals surface area contributed by atoms with Gasteiger partial charge in [0.2, 0.25) is 0 Å². The van der Waals surface area contributed by atoms with Gasteiger partial charge in [-0.05, 0) is 72.0 Å². The highest BCUT2D eigenvalue weighted by Gasteiger charge is 2.18. The van der Waals surface area contributed by atoms with Crippen LogP contribution in [0.4, 0.5) is 4.39 Å². The van der Waals surface area contributed by atoms with Crippen LogP contribution in [0.1, 0.15) is 18.4 Å². The highest BCUT2D eigenvalue weighted by atomic mass is 79.9. The summed E-state index contributed by atoms with van der Waals surface area (Å²) in [4.78, 5) is 2.37. The van der Waals surface area contributed by atoms with E-state index >= 15 is 0 Å². The van der Waals surface area contributed by atoms with Crippen LogP contribution in [-0.4, -0.2) is 24.5 Å². The van der Waals surface area contributed by atoms with Crippen LogP contribution < -0.4 is 5.73 Å². The highest BCUT2D eigenvalue weighted by molar-refractivity contribution is 9.10. The summed E-state index contributed by atoms with van der Waals surface area (Å²) in [6, 6.07) is 5.36. The van der Waals surface area contributed by atoms with Gasteiger partial charge in [0.1, 0.15) is 5.82 Å². The largest absolute Gasteiger partial charge is 0.330 e. The van der Waals surface area contributed by atoms with Crippen molar-refractivity contribution in [3.05, 3.63) is 34.1 Å². The van der Waals surface area contributed by atoms with E-state index in [9.17, 15) is 4.39 Å². The maximum atomic E-state index is 13.4. The summed E-state index contributed by atoms with van der Waals surface area (Å²) in [5.41, 5.74) is 6.70. The number of hydrogen-bond acceptors (Lipinski definition) is 2. The van der Waals surface area contributed by atoms with Gasteiger partial charge in [0, 0.05) is 6.54 Å². The quantitative estimate of drug-likeness (QED) is 0.930. The number of nitrogens with zero attached hydrogens (tertiary/aromatic N) is 1. The molecule has 2 N–H and O–H groups in total. The molecule has 1 aliphatic heterocycles. The zero-order valence-corrected chi connectivity index (χ0v) is 11.4. The van der Waals surface area contributed by atoms with Gasteiger partial charge in [-0.2, -0.15) is 0 Å². The van der Waals surface area contributed by atoms with Crippen molar-refractivity contribution in [2.45, 2.75) is 19.4 Å². The molecule has 0 spiro atoms. The van der Waals surface area contributed by atoms with Gasteiger partial charge in [-0.1, -0.05) is 6.07 Å². The first kappa shape index (κ1) is 13.0. The third kappa shape index (κ3) is 3.50. The molecule has 17 heavy (non-hydrogen) atoms. The third-order valence-corrected chi connectivity index (χ3v) is 4.07. The van der Waals surface area contributed by atoms with Gasteiger partial charge < -0.3 is 5.73 Å². The number of hydrogen-bond donors (Lipinski definition) is 1. The van der Waals surface area contributed by atoms with Crippen molar-refractivity contribution in [1.82, 2.24) is 4.90 Å². The molecule has 1 saturated heterocycles. The van der Waals surface area contributed by atoms with Crippen LogP contribution in [0.2, 0.25) is 0 Å². The summed E-state index contributed by atoms with van der Waals surface area (Å²) in [5, 5.41) is 0. The SMILES string of the molecule is NCC1CCN(Cc2ccc(Br)c(F)c2)CC1. The summed E-state index contributed by atoms with van der Waals surface area (Å²) in [5.74, 6) is 0.493. The van der Waals surface area contributed by atoms with Gasteiger partial charge >= 0.3 is 0 Å². The second-order valence-electron chi connectivity index (χ2n) is 4.70. The van der Waals surface area contributed by atoms with E-state index < -0.39 is 0 Å². The van der Waals surface area contributed by atoms with Crippen LogP contribution in [0.15, 0.2) is 22.7 Å². The van der Waals surface area contributed by atoms with Crippen molar-refractivity contribution >= 4 is 15.9 Å². The Morgan fingerprint density at radius 1 is 1.35 bits per heavy atom. The number of nitrogens with two attached hydrogens (primary N) is 1. The molecule has 0 saturated carbocycles. The molecule has 0 atom stereocenters. The fourth-order valence-corrected chi connectivity index (χ4v) is 2.52. The molecular formula is C13H18BrFN2. The Bertz CT molecular complexity index is 376. The van der Waals surface area contributed by atoms with Crippen molar-refractivity contribution in [2.24, 2.45) is 11.7 Å². The Hall–Kier alpha value is -0.450. The maximum absolute atomic E-state index is 13.4. The van der Waals surface area contributed by atoms with Crippen LogP contribution in [0.25, 0.3) is 0 Å². The second kappa shape index (κ2) is 5.94. The lowest BCUT2D eigenvalue weighted by Gasteiger charge is -2.31. The summed E-state index contributed by atoms with van der Waals surface area (Å²) in [6.07, 6.45) is 2.32. The first-order valence-electron chi connectivity index (χ1n) is 6.05. The zero-order chi connectivity index (χ0) is 12.3. The van der Waals surface area contributed by atoms with E-state index in [-0.39, 0.29) is 5.82 Å². The van der Waals surface area contributed by atoms with E-state index in [0.29, 0.717) is 10.4 Å². The van der Waals surface area contributed by atoms with Gasteiger partial charge in [-0.3, -0.25) is 4.90 Å². The van der Waals surface area contributed by atoms with Crippen molar-refractivity contribution in [2.75, 3.05) is 19.6 Å². The molecule has 2 rings (SSSR count). The number of rotatable bonds is 3. The fourth-order valence-electron chi connectivity index (χ4n) is 2.28. The summed E-state index contributed by atoms with van der Waals surface area (Å²) >= 11 is 3.17. The van der Waals surface area contributed by atoms with E-state index in [1.807, 2.05) is 6.07 Å². The minimum atomic E-state index is -0.181. The molecule has 94 valence electrons. The first-order valence-corrected chi connectivity index (χ1v) is 6.84. The Morgan fingerprint density at radius 3 is 2.65 bits per heavy atom. The van der Waals surface area contributed by atoms with E-state index in [4.69, 9.17) is 5.73 Å². The average molecular weight is 301 g/mol. The monoisotopic (exact) mass is 300 g/mol. The van der Waals surface area contributed by atoms with Crippen molar-refractivity contribution in [3.8, 4) is 0 Å². The molecule has 0 aliphatic carbocycles. The number of halogens is 2. The molecule has 1 aromatic rings. The van der Waals surface area contributed by atoms with E-state index in [1.54, 1.807) is 12.1 Å². The average Bonchev–Trinajstić information content (AvgIpc) is 2.35. The third-order valence-electron chi connectivity index (χ3n) is 3.43. The molecule has 4 heteroatoms. The Balaban J connectivity index is 1.91. The highest BCUT2D eigenvalue weighted by Crippen LogP contribution is 2.20. The molecule has 0 unspecified atom stereocenters. The number of piperidine rings is 1. The minimum Gasteiger partial charge on any atom is -0.330 e. The zero-order valence-electron chi connectivity index (χ0n) is 9.83. The second-order valence-corrected chi connectivity index (χ2v) is 5.56. The molecule has 0 radical (unpaired) electrons. The van der Waals surface area contributed by atoms with E-state index in [1.165, 1.54) is 0 Å². The van der Waals surface area contributed by atoms with Gasteiger partial charge in [0.05, 0.1) is 4.47 Å². The molecule has 1 heterocycles. The lowest BCUT2D eigenvalue weighted by atomic mass is 9.97. The number of likely N-dealkylation sites (tertiary alicyclic amines) is 1. The molecular weight excluding hydrogens is 283 g/mol. The Kier molecular flexibility index (Phi) is 4.54. The van der Waals surface area contributed by atoms with Gasteiger partial charge in [-0.15, -0.1) is 0 Å². The van der Waals surface area contributed by atoms with E-state index in [2.05, 4.69) is 20.8 Å². The minimum absolute atomic E-state index is 0.181. The van der Waals surface area contributed by atoms with E-state index in [0.717, 1.165) is 44.6 Å². The predicted molar refractivity (Wildman–Crippen MR) is 71.2 cm³/mol. The Morgan fingerprint density at radius 2 is 2.06 bits per heavy atom. The van der Waals surface area contributed by atoms with Gasteiger partial charge in [-0.25, -0.2) is 4.39 Å². The summed E-state index contributed by atoms with van der Waals surface area (Å²) in [7, 11) is 0. The first-order chi connectivity index (χ1) is 8.19. The standard InChI is InChI=1S/C13H18BrFN2/c14-12-2-1-11(7-13(12)15)9-17-5-3-10(8-16)4-6-17/h1-2,7,10H,3-6,8-9,16H2. The molecule has 0 aromatic heterocycles. The van der Waals surface area contributed by atoms with Gasteiger partial charge in [0.25, 0.3) is 0 Å². The van der Waals surface area contributed by atoms with Crippen molar-refractivity contribution in [1.29, 1.82) is 0 Å². The van der Waals surface area contributed by atoms with Gasteiger partial charge in [0.15, 0.2) is 0 Å². The van der Waals surface area contributed by atoms with Crippen molar-refractivity contribution in [3.63, 3.8) is 0 Å². The lowest BCUT2D eigenvalue weighted by molar-refractivity contribution is 0.180. The van der Waals surface area contributed by atoms with Crippen LogP contribution in [0.5, 0.6) is 0 Å². The molecule has 0 bridgehead atoms. The molecule has 2 nitrogen and oxygen atoms in total. The molecule has 1 fully saturated rings. The molecule has 1 aliphatic rings. The smallest absolute Gasteiger partial charge is 0.137 e. The van der Waals surface area contributed by atoms with Crippen LogP contribution in [0, 0.1) is 11.7 Å². The van der Waals surface area contributed by atoms with Crippen LogP contribution in [0.3, 0.4) is 0 Å². The normalized spacial score (nSPS) is 18.5.